The van der Waals surface area contributed by atoms with Crippen LogP contribution < -0.4 is 4.31 Å². The van der Waals surface area contributed by atoms with E-state index in [0.29, 0.717) is 0 Å². The Bertz CT molecular complexity index is 243. The molecule has 0 amide bonds. The van der Waals surface area contributed by atoms with E-state index in [1.54, 1.807) is 4.31 Å². The summed E-state index contributed by atoms with van der Waals surface area (Å²) >= 11 is 4.25. The summed E-state index contributed by atoms with van der Waals surface area (Å²) in [6, 6.07) is 9.90. The van der Waals surface area contributed by atoms with Crippen LogP contribution in [0.25, 0.3) is 0 Å². The minimum absolute atomic E-state index is 0.916. The van der Waals surface area contributed by atoms with Gasteiger partial charge in [0.1, 0.15) is 0 Å². The molecule has 58 valence electrons. The van der Waals surface area contributed by atoms with Crippen molar-refractivity contribution in [1.82, 2.24) is 0 Å². The molecule has 1 aromatic rings. The molecule has 0 aliphatic heterocycles. The summed E-state index contributed by atoms with van der Waals surface area (Å²) in [4.78, 5) is 0. The van der Waals surface area contributed by atoms with Crippen molar-refractivity contribution in [2.75, 3.05) is 4.31 Å². The van der Waals surface area contributed by atoms with E-state index in [4.69, 9.17) is 0 Å². The fourth-order valence-corrected chi connectivity index (χ4v) is 0.923. The van der Waals surface area contributed by atoms with Crippen molar-refractivity contribution >= 4 is 18.5 Å². The van der Waals surface area contributed by atoms with E-state index in [0.717, 1.165) is 11.4 Å². The molecule has 11 heavy (non-hydrogen) atoms. The lowest BCUT2D eigenvalue weighted by atomic mass is 10.3. The van der Waals surface area contributed by atoms with Crippen LogP contribution in [-0.2, 0) is 0 Å². The summed E-state index contributed by atoms with van der Waals surface area (Å²) in [6.45, 7) is 5.70. The molecule has 0 bridgehead atoms. The molecule has 0 radical (unpaired) electrons. The Morgan fingerprint density at radius 1 is 1.36 bits per heavy atom. The SMILES string of the molecule is C=C(C)N(S)c1ccccc1. The van der Waals surface area contributed by atoms with Crippen molar-refractivity contribution in [3.63, 3.8) is 0 Å². The standard InChI is InChI=1S/C9H11NS/c1-8(2)10(11)9-6-4-3-5-7-9/h3-7,11H,1H2,2H3. The molecule has 0 aromatic heterocycles. The van der Waals surface area contributed by atoms with Gasteiger partial charge in [-0.2, -0.15) is 0 Å². The summed E-state index contributed by atoms with van der Waals surface area (Å²) in [5, 5.41) is 0. The van der Waals surface area contributed by atoms with Crippen molar-refractivity contribution in [2.45, 2.75) is 6.92 Å². The minimum Gasteiger partial charge on any atom is -0.292 e. The van der Waals surface area contributed by atoms with Crippen LogP contribution >= 0.6 is 12.8 Å². The van der Waals surface area contributed by atoms with Gasteiger partial charge in [0.05, 0.1) is 5.69 Å². The summed E-state index contributed by atoms with van der Waals surface area (Å²) in [5.74, 6) is 0. The number of benzene rings is 1. The van der Waals surface area contributed by atoms with Gasteiger partial charge in [-0.3, -0.25) is 4.31 Å². The fourth-order valence-electron chi connectivity index (χ4n) is 0.790. The van der Waals surface area contributed by atoms with E-state index in [2.05, 4.69) is 19.4 Å². The van der Waals surface area contributed by atoms with Gasteiger partial charge in [0, 0.05) is 5.70 Å². The highest BCUT2D eigenvalue weighted by atomic mass is 32.1. The largest absolute Gasteiger partial charge is 0.292 e. The van der Waals surface area contributed by atoms with Crippen LogP contribution in [0.1, 0.15) is 6.92 Å². The maximum Gasteiger partial charge on any atom is 0.0518 e. The molecule has 0 spiro atoms. The maximum atomic E-state index is 4.25. The van der Waals surface area contributed by atoms with Gasteiger partial charge in [-0.15, -0.1) is 0 Å². The zero-order valence-electron chi connectivity index (χ0n) is 6.49. The molecular formula is C9H11NS. The zero-order valence-corrected chi connectivity index (χ0v) is 7.38. The van der Waals surface area contributed by atoms with E-state index in [1.807, 2.05) is 37.3 Å². The second kappa shape index (κ2) is 3.49. The lowest BCUT2D eigenvalue weighted by Crippen LogP contribution is -2.04. The number of anilines is 1. The molecule has 0 heterocycles. The third-order valence-electron chi connectivity index (χ3n) is 1.36. The molecule has 0 atom stereocenters. The first-order valence-electron chi connectivity index (χ1n) is 3.41. The van der Waals surface area contributed by atoms with Gasteiger partial charge in [-0.25, -0.2) is 0 Å². The topological polar surface area (TPSA) is 3.24 Å². The van der Waals surface area contributed by atoms with Crippen LogP contribution in [0.4, 0.5) is 5.69 Å². The third kappa shape index (κ3) is 2.02. The van der Waals surface area contributed by atoms with Gasteiger partial charge < -0.3 is 0 Å². The van der Waals surface area contributed by atoms with Crippen molar-refractivity contribution in [2.24, 2.45) is 0 Å². The number of nitrogens with zero attached hydrogens (tertiary/aromatic N) is 1. The van der Waals surface area contributed by atoms with E-state index in [1.165, 1.54) is 0 Å². The van der Waals surface area contributed by atoms with Gasteiger partial charge in [-0.1, -0.05) is 37.6 Å². The summed E-state index contributed by atoms with van der Waals surface area (Å²) < 4.78 is 1.75. The van der Waals surface area contributed by atoms with Gasteiger partial charge in [0.25, 0.3) is 0 Å². The highest BCUT2D eigenvalue weighted by molar-refractivity contribution is 7.82. The Balaban J connectivity index is 2.85. The number of hydrogen-bond acceptors (Lipinski definition) is 2. The highest BCUT2D eigenvalue weighted by Gasteiger charge is 1.98. The Kier molecular flexibility index (Phi) is 2.60. The molecule has 0 saturated heterocycles. The number of rotatable bonds is 2. The lowest BCUT2D eigenvalue weighted by Gasteiger charge is -2.16. The smallest absolute Gasteiger partial charge is 0.0518 e. The first kappa shape index (κ1) is 8.21. The van der Waals surface area contributed by atoms with Crippen molar-refractivity contribution in [3.05, 3.63) is 42.6 Å². The second-order valence-electron chi connectivity index (χ2n) is 2.38. The highest BCUT2D eigenvalue weighted by Crippen LogP contribution is 2.18. The first-order valence-corrected chi connectivity index (χ1v) is 3.81. The molecule has 2 heteroatoms. The number of allylic oxidation sites excluding steroid dienone is 1. The molecule has 0 unspecified atom stereocenters. The third-order valence-corrected chi connectivity index (χ3v) is 1.93. The van der Waals surface area contributed by atoms with Crippen LogP contribution in [0.5, 0.6) is 0 Å². The van der Waals surface area contributed by atoms with Gasteiger partial charge in [0.2, 0.25) is 0 Å². The van der Waals surface area contributed by atoms with Gasteiger partial charge >= 0.3 is 0 Å². The predicted octanol–water partition coefficient (Wildman–Crippen LogP) is 2.87. The average molecular weight is 165 g/mol. The molecule has 0 saturated carbocycles. The van der Waals surface area contributed by atoms with Crippen molar-refractivity contribution in [1.29, 1.82) is 0 Å². The van der Waals surface area contributed by atoms with E-state index < -0.39 is 0 Å². The lowest BCUT2D eigenvalue weighted by molar-refractivity contribution is 1.29. The first-order chi connectivity index (χ1) is 5.22. The Hall–Kier alpha value is -0.890. The monoisotopic (exact) mass is 165 g/mol. The molecule has 1 aromatic carbocycles. The Morgan fingerprint density at radius 2 is 1.91 bits per heavy atom. The molecule has 1 rings (SSSR count). The van der Waals surface area contributed by atoms with Crippen molar-refractivity contribution < 1.29 is 0 Å². The van der Waals surface area contributed by atoms with Crippen molar-refractivity contribution in [3.8, 4) is 0 Å². The van der Waals surface area contributed by atoms with Crippen LogP contribution in [0, 0.1) is 0 Å². The molecule has 0 N–H and O–H groups in total. The molecule has 1 nitrogen and oxygen atoms in total. The predicted molar refractivity (Wildman–Crippen MR) is 52.7 cm³/mol. The van der Waals surface area contributed by atoms with E-state index in [9.17, 15) is 0 Å². The fraction of sp³-hybridized carbons (Fsp3) is 0.111. The zero-order chi connectivity index (χ0) is 8.27. The van der Waals surface area contributed by atoms with Crippen LogP contribution in [0.2, 0.25) is 0 Å². The molecular weight excluding hydrogens is 154 g/mol. The molecule has 0 aliphatic rings. The molecule has 0 fully saturated rings. The van der Waals surface area contributed by atoms with Gasteiger partial charge in [0.15, 0.2) is 0 Å². The number of hydrogen-bond donors (Lipinski definition) is 1. The summed E-state index contributed by atoms with van der Waals surface area (Å²) in [6.07, 6.45) is 0. The summed E-state index contributed by atoms with van der Waals surface area (Å²) in [7, 11) is 0. The van der Waals surface area contributed by atoms with E-state index in [-0.39, 0.29) is 0 Å². The Labute approximate surface area is 72.9 Å². The number of thiol groups is 1. The second-order valence-corrected chi connectivity index (χ2v) is 2.78. The normalized spacial score (nSPS) is 9.27. The Morgan fingerprint density at radius 3 is 2.36 bits per heavy atom. The van der Waals surface area contributed by atoms with Crippen LogP contribution in [0.15, 0.2) is 42.6 Å². The van der Waals surface area contributed by atoms with Gasteiger partial charge in [-0.05, 0) is 19.1 Å². The summed E-state index contributed by atoms with van der Waals surface area (Å²) in [5.41, 5.74) is 1.96. The maximum absolute atomic E-state index is 4.25. The van der Waals surface area contributed by atoms with E-state index >= 15 is 0 Å². The molecule has 0 aliphatic carbocycles. The quantitative estimate of drug-likeness (QED) is 0.659. The average Bonchev–Trinajstić information content (AvgIpc) is 2.05. The minimum atomic E-state index is 0.916. The van der Waals surface area contributed by atoms with Crippen LogP contribution in [-0.4, -0.2) is 0 Å². The number of para-hydroxylation sites is 1. The van der Waals surface area contributed by atoms with Crippen LogP contribution in [0.3, 0.4) is 0 Å².